The minimum Gasteiger partial charge on any atom is -0.496 e. The molecule has 8 nitrogen and oxygen atoms in total. The van der Waals surface area contributed by atoms with Crippen LogP contribution in [0.3, 0.4) is 0 Å². The van der Waals surface area contributed by atoms with E-state index in [0.717, 1.165) is 17.4 Å². The van der Waals surface area contributed by atoms with Crippen LogP contribution in [0.15, 0.2) is 24.3 Å². The van der Waals surface area contributed by atoms with Crippen molar-refractivity contribution in [2.75, 3.05) is 13.7 Å². The Morgan fingerprint density at radius 3 is 2.48 bits per heavy atom. The number of ether oxygens (including phenoxy) is 2. The van der Waals surface area contributed by atoms with Gasteiger partial charge in [-0.05, 0) is 29.8 Å². The van der Waals surface area contributed by atoms with Gasteiger partial charge >= 0.3 is 17.9 Å². The fourth-order valence-corrected chi connectivity index (χ4v) is 3.55. The summed E-state index contributed by atoms with van der Waals surface area (Å²) in [6.07, 6.45) is 2.26. The lowest BCUT2D eigenvalue weighted by atomic mass is 10.1. The topological polar surface area (TPSA) is 130 Å². The van der Waals surface area contributed by atoms with E-state index < -0.39 is 24.5 Å². The fraction of sp³-hybridized carbons (Fsp3) is 0.118. The first-order chi connectivity index (χ1) is 12.7. The molecule has 0 saturated carbocycles. The first kappa shape index (κ1) is 20.3. The highest BCUT2D eigenvalue weighted by Crippen LogP contribution is 2.46. The van der Waals surface area contributed by atoms with Crippen LogP contribution in [0.2, 0.25) is 5.02 Å². The number of benzene rings is 1. The molecule has 0 bridgehead atoms. The summed E-state index contributed by atoms with van der Waals surface area (Å²) in [5.74, 6) is -3.56. The first-order valence-electron chi connectivity index (χ1n) is 7.24. The Labute approximate surface area is 161 Å². The maximum Gasteiger partial charge on any atom is 0.349 e. The number of aliphatic carboxylic acids is 2. The number of carbonyl (C=O) groups is 3. The molecule has 0 radical (unpaired) electrons. The van der Waals surface area contributed by atoms with Crippen molar-refractivity contribution in [3.8, 4) is 21.9 Å². The standard InChI is InChI=1S/C17H13ClO8S/c1-25-10-4-2-9(6-8(10)3-5-11(19)20)15-13(18)14(26-7-12(21)22)16(27-15)17(23)24/h2-6H,7H2,1H3,(H,19,20)(H,21,22)(H,23,24). The van der Waals surface area contributed by atoms with Crippen molar-refractivity contribution in [3.05, 3.63) is 39.7 Å². The second kappa shape index (κ2) is 8.56. The summed E-state index contributed by atoms with van der Waals surface area (Å²) in [7, 11) is 1.42. The normalized spacial score (nSPS) is 10.7. The van der Waals surface area contributed by atoms with E-state index in [2.05, 4.69) is 0 Å². The monoisotopic (exact) mass is 412 g/mol. The number of methoxy groups -OCH3 is 1. The third-order valence-corrected chi connectivity index (χ3v) is 4.92. The van der Waals surface area contributed by atoms with E-state index in [9.17, 15) is 19.5 Å². The van der Waals surface area contributed by atoms with Crippen LogP contribution in [0.1, 0.15) is 15.2 Å². The molecule has 10 heteroatoms. The molecule has 0 saturated heterocycles. The molecular weight excluding hydrogens is 400 g/mol. The summed E-state index contributed by atoms with van der Waals surface area (Å²) in [6, 6.07) is 4.76. The highest BCUT2D eigenvalue weighted by atomic mass is 35.5. The Hall–Kier alpha value is -3.04. The molecule has 0 atom stereocenters. The molecule has 1 aromatic heterocycles. The molecule has 2 aromatic rings. The smallest absolute Gasteiger partial charge is 0.349 e. The van der Waals surface area contributed by atoms with Crippen molar-refractivity contribution < 1.29 is 39.2 Å². The maximum atomic E-state index is 11.4. The average molecular weight is 413 g/mol. The van der Waals surface area contributed by atoms with Gasteiger partial charge in [-0.15, -0.1) is 11.3 Å². The van der Waals surface area contributed by atoms with Gasteiger partial charge in [-0.2, -0.15) is 0 Å². The molecule has 1 aromatic carbocycles. The van der Waals surface area contributed by atoms with Crippen LogP contribution in [0.5, 0.6) is 11.5 Å². The number of hydrogen-bond donors (Lipinski definition) is 3. The summed E-state index contributed by atoms with van der Waals surface area (Å²) in [6.45, 7) is -0.745. The van der Waals surface area contributed by atoms with Gasteiger partial charge in [-0.3, -0.25) is 0 Å². The number of thiophene rings is 1. The molecule has 1 heterocycles. The lowest BCUT2D eigenvalue weighted by Crippen LogP contribution is -2.10. The van der Waals surface area contributed by atoms with E-state index in [1.165, 1.54) is 13.2 Å². The Balaban J connectivity index is 2.55. The molecule has 0 aliphatic carbocycles. The lowest BCUT2D eigenvalue weighted by molar-refractivity contribution is -0.139. The van der Waals surface area contributed by atoms with Gasteiger partial charge in [0.25, 0.3) is 0 Å². The van der Waals surface area contributed by atoms with Gasteiger partial charge in [-0.1, -0.05) is 11.6 Å². The van der Waals surface area contributed by atoms with Crippen LogP contribution in [-0.2, 0) is 9.59 Å². The molecule has 2 rings (SSSR count). The van der Waals surface area contributed by atoms with E-state index >= 15 is 0 Å². The molecule has 142 valence electrons. The van der Waals surface area contributed by atoms with E-state index in [-0.39, 0.29) is 15.6 Å². The van der Waals surface area contributed by atoms with E-state index in [1.54, 1.807) is 18.2 Å². The van der Waals surface area contributed by atoms with E-state index in [4.69, 9.17) is 31.3 Å². The van der Waals surface area contributed by atoms with Crippen molar-refractivity contribution in [1.82, 2.24) is 0 Å². The second-order valence-electron chi connectivity index (χ2n) is 5.02. The molecule has 0 spiro atoms. The number of aromatic carboxylic acids is 1. The highest BCUT2D eigenvalue weighted by Gasteiger charge is 2.25. The third kappa shape index (κ3) is 4.78. The summed E-state index contributed by atoms with van der Waals surface area (Å²) in [5, 5.41) is 26.8. The van der Waals surface area contributed by atoms with Crippen LogP contribution < -0.4 is 9.47 Å². The van der Waals surface area contributed by atoms with Crippen LogP contribution in [0.4, 0.5) is 0 Å². The number of rotatable bonds is 8. The van der Waals surface area contributed by atoms with Crippen molar-refractivity contribution in [3.63, 3.8) is 0 Å². The van der Waals surface area contributed by atoms with Crippen molar-refractivity contribution >= 4 is 46.9 Å². The number of carboxylic acids is 3. The van der Waals surface area contributed by atoms with Gasteiger partial charge in [-0.25, -0.2) is 14.4 Å². The quantitative estimate of drug-likeness (QED) is 0.563. The number of hydrogen-bond acceptors (Lipinski definition) is 6. The van der Waals surface area contributed by atoms with Gasteiger partial charge < -0.3 is 24.8 Å². The number of carboxylic acid groups (broad SMARTS) is 3. The van der Waals surface area contributed by atoms with Gasteiger partial charge in [0.1, 0.15) is 10.8 Å². The SMILES string of the molecule is COc1ccc(-c2sc(C(=O)O)c(OCC(=O)O)c2Cl)cc1C=CC(=O)O. The molecule has 0 unspecified atom stereocenters. The molecule has 0 aliphatic rings. The van der Waals surface area contributed by atoms with Crippen LogP contribution in [0.25, 0.3) is 16.5 Å². The molecule has 0 fully saturated rings. The molecule has 27 heavy (non-hydrogen) atoms. The van der Waals surface area contributed by atoms with E-state index in [1.807, 2.05) is 0 Å². The van der Waals surface area contributed by atoms with Crippen molar-refractivity contribution in [2.24, 2.45) is 0 Å². The summed E-state index contributed by atoms with van der Waals surface area (Å²) in [4.78, 5) is 33.0. The molecule has 0 amide bonds. The minimum atomic E-state index is -1.31. The van der Waals surface area contributed by atoms with Gasteiger partial charge in [0, 0.05) is 11.6 Å². The zero-order chi connectivity index (χ0) is 20.1. The summed E-state index contributed by atoms with van der Waals surface area (Å²) < 4.78 is 10.2. The van der Waals surface area contributed by atoms with E-state index in [0.29, 0.717) is 21.8 Å². The zero-order valence-corrected chi connectivity index (χ0v) is 15.3. The third-order valence-electron chi connectivity index (χ3n) is 3.24. The lowest BCUT2D eigenvalue weighted by Gasteiger charge is -2.07. The Bertz CT molecular complexity index is 931. The van der Waals surface area contributed by atoms with Gasteiger partial charge in [0.05, 0.1) is 12.0 Å². The zero-order valence-electron chi connectivity index (χ0n) is 13.8. The van der Waals surface area contributed by atoms with Gasteiger partial charge in [0.15, 0.2) is 17.2 Å². The van der Waals surface area contributed by atoms with Crippen LogP contribution >= 0.6 is 22.9 Å². The largest absolute Gasteiger partial charge is 0.496 e. The summed E-state index contributed by atoms with van der Waals surface area (Å²) in [5.41, 5.74) is 0.926. The summed E-state index contributed by atoms with van der Waals surface area (Å²) >= 11 is 7.05. The first-order valence-corrected chi connectivity index (χ1v) is 8.43. The van der Waals surface area contributed by atoms with Crippen molar-refractivity contribution in [1.29, 1.82) is 0 Å². The molecular formula is C17H13ClO8S. The minimum absolute atomic E-state index is 0.0445. The average Bonchev–Trinajstić information content (AvgIpc) is 2.94. The second-order valence-corrected chi connectivity index (χ2v) is 6.42. The Kier molecular flexibility index (Phi) is 6.43. The number of halogens is 1. The fourth-order valence-electron chi connectivity index (χ4n) is 2.15. The molecule has 0 aliphatic heterocycles. The van der Waals surface area contributed by atoms with Gasteiger partial charge in [0.2, 0.25) is 0 Å². The molecule has 3 N–H and O–H groups in total. The predicted octanol–water partition coefficient (Wildman–Crippen LogP) is 3.34. The maximum absolute atomic E-state index is 11.4. The van der Waals surface area contributed by atoms with Crippen LogP contribution in [-0.4, -0.2) is 46.9 Å². The predicted molar refractivity (Wildman–Crippen MR) is 98.1 cm³/mol. The highest BCUT2D eigenvalue weighted by molar-refractivity contribution is 7.18. The Morgan fingerprint density at radius 2 is 1.93 bits per heavy atom. The van der Waals surface area contributed by atoms with Crippen molar-refractivity contribution in [2.45, 2.75) is 0 Å². The van der Waals surface area contributed by atoms with Crippen LogP contribution in [0, 0.1) is 0 Å². The Morgan fingerprint density at radius 1 is 1.22 bits per heavy atom.